The lowest BCUT2D eigenvalue weighted by Crippen LogP contribution is -2.31. The van der Waals surface area contributed by atoms with E-state index < -0.39 is 24.6 Å². The van der Waals surface area contributed by atoms with Gasteiger partial charge in [0.05, 0.1) is 6.10 Å². The molecule has 0 spiro atoms. The van der Waals surface area contributed by atoms with Crippen molar-refractivity contribution in [2.24, 2.45) is 0 Å². The Balaban J connectivity index is 2.53. The molecule has 0 aromatic carbocycles. The van der Waals surface area contributed by atoms with E-state index in [0.717, 1.165) is 0 Å². The van der Waals surface area contributed by atoms with Gasteiger partial charge in [-0.3, -0.25) is 0 Å². The predicted molar refractivity (Wildman–Crippen MR) is 33.2 cm³/mol. The fourth-order valence-electron chi connectivity index (χ4n) is 1.07. The molecule has 4 heteroatoms. The first-order chi connectivity index (χ1) is 4.66. The van der Waals surface area contributed by atoms with E-state index in [-0.39, 0.29) is 0 Å². The zero-order valence-electron chi connectivity index (χ0n) is 5.77. The average molecular weight is 148 g/mol. The molecular formula is C6H12O4. The summed E-state index contributed by atoms with van der Waals surface area (Å²) in [6.07, 6.45) is -3.15. The van der Waals surface area contributed by atoms with Crippen LogP contribution in [0, 0.1) is 0 Å². The van der Waals surface area contributed by atoms with E-state index in [1.807, 2.05) is 6.92 Å². The van der Waals surface area contributed by atoms with E-state index in [0.29, 0.717) is 6.42 Å². The second-order valence-electron chi connectivity index (χ2n) is 2.45. The Hall–Kier alpha value is -0.160. The molecule has 3 N–H and O–H groups in total. The van der Waals surface area contributed by atoms with Gasteiger partial charge in [0, 0.05) is 0 Å². The van der Waals surface area contributed by atoms with Crippen LogP contribution in [0.3, 0.4) is 0 Å². The smallest absolute Gasteiger partial charge is 0.183 e. The first-order valence-electron chi connectivity index (χ1n) is 3.36. The second-order valence-corrected chi connectivity index (χ2v) is 2.45. The lowest BCUT2D eigenvalue weighted by Gasteiger charge is -2.10. The van der Waals surface area contributed by atoms with Gasteiger partial charge >= 0.3 is 0 Å². The van der Waals surface area contributed by atoms with Crippen LogP contribution in [0.2, 0.25) is 0 Å². The Labute approximate surface area is 59.1 Å². The fourth-order valence-corrected chi connectivity index (χ4v) is 1.07. The van der Waals surface area contributed by atoms with Gasteiger partial charge < -0.3 is 20.1 Å². The van der Waals surface area contributed by atoms with Crippen LogP contribution in [0.25, 0.3) is 0 Å². The predicted octanol–water partition coefficient (Wildman–Crippen LogP) is -1.16. The van der Waals surface area contributed by atoms with Gasteiger partial charge in [0.15, 0.2) is 6.29 Å². The van der Waals surface area contributed by atoms with Crippen molar-refractivity contribution in [2.45, 2.75) is 37.9 Å². The molecule has 0 aromatic rings. The SMILES string of the molecule is CC[C@@H]1O[C@H](O)C(O)[C@@H]1O. The Morgan fingerprint density at radius 2 is 1.80 bits per heavy atom. The number of aliphatic hydroxyl groups excluding tert-OH is 3. The lowest BCUT2D eigenvalue weighted by molar-refractivity contribution is -0.127. The first kappa shape index (κ1) is 7.94. The van der Waals surface area contributed by atoms with E-state index in [2.05, 4.69) is 0 Å². The van der Waals surface area contributed by atoms with Crippen molar-refractivity contribution in [1.29, 1.82) is 0 Å². The van der Waals surface area contributed by atoms with E-state index in [1.54, 1.807) is 0 Å². The molecule has 0 amide bonds. The van der Waals surface area contributed by atoms with Crippen molar-refractivity contribution >= 4 is 0 Å². The summed E-state index contributed by atoms with van der Waals surface area (Å²) in [4.78, 5) is 0. The maximum absolute atomic E-state index is 9.09. The van der Waals surface area contributed by atoms with Crippen LogP contribution in [-0.4, -0.2) is 39.9 Å². The molecule has 1 unspecified atom stereocenters. The Bertz CT molecular complexity index is 116. The fraction of sp³-hybridized carbons (Fsp3) is 1.00. The van der Waals surface area contributed by atoms with Crippen molar-refractivity contribution in [3.63, 3.8) is 0 Å². The van der Waals surface area contributed by atoms with Crippen LogP contribution < -0.4 is 0 Å². The lowest BCUT2D eigenvalue weighted by atomic mass is 10.1. The Kier molecular flexibility index (Phi) is 2.25. The van der Waals surface area contributed by atoms with Gasteiger partial charge in [-0.1, -0.05) is 6.92 Å². The Morgan fingerprint density at radius 1 is 1.20 bits per heavy atom. The molecule has 1 fully saturated rings. The van der Waals surface area contributed by atoms with Crippen LogP contribution in [0.5, 0.6) is 0 Å². The minimum atomic E-state index is -1.22. The summed E-state index contributed by atoms with van der Waals surface area (Å²) in [6.45, 7) is 1.82. The average Bonchev–Trinajstić information content (AvgIpc) is 2.17. The number of aliphatic hydroxyl groups is 3. The molecule has 1 heterocycles. The summed E-state index contributed by atoms with van der Waals surface area (Å²) in [5.74, 6) is 0. The largest absolute Gasteiger partial charge is 0.387 e. The third-order valence-electron chi connectivity index (χ3n) is 1.74. The first-order valence-corrected chi connectivity index (χ1v) is 3.36. The van der Waals surface area contributed by atoms with Gasteiger partial charge in [0.2, 0.25) is 0 Å². The van der Waals surface area contributed by atoms with Crippen molar-refractivity contribution < 1.29 is 20.1 Å². The maximum Gasteiger partial charge on any atom is 0.183 e. The summed E-state index contributed by atoms with van der Waals surface area (Å²) in [5.41, 5.74) is 0. The van der Waals surface area contributed by atoms with Gasteiger partial charge in [-0.2, -0.15) is 0 Å². The summed E-state index contributed by atoms with van der Waals surface area (Å²) in [6, 6.07) is 0. The van der Waals surface area contributed by atoms with E-state index >= 15 is 0 Å². The molecule has 0 aromatic heterocycles. The van der Waals surface area contributed by atoms with E-state index in [1.165, 1.54) is 0 Å². The van der Waals surface area contributed by atoms with Crippen LogP contribution >= 0.6 is 0 Å². The van der Waals surface area contributed by atoms with Crippen molar-refractivity contribution in [3.05, 3.63) is 0 Å². The molecule has 4 nitrogen and oxygen atoms in total. The quantitative estimate of drug-likeness (QED) is 0.438. The monoisotopic (exact) mass is 148 g/mol. The van der Waals surface area contributed by atoms with Crippen LogP contribution in [0.4, 0.5) is 0 Å². The van der Waals surface area contributed by atoms with E-state index in [4.69, 9.17) is 20.1 Å². The summed E-state index contributed by atoms with van der Waals surface area (Å²) in [7, 11) is 0. The molecule has 60 valence electrons. The molecule has 1 rings (SSSR count). The zero-order valence-corrected chi connectivity index (χ0v) is 5.77. The van der Waals surface area contributed by atoms with Gasteiger partial charge in [-0.25, -0.2) is 0 Å². The van der Waals surface area contributed by atoms with Crippen LogP contribution in [0.1, 0.15) is 13.3 Å². The second kappa shape index (κ2) is 2.84. The highest BCUT2D eigenvalue weighted by molar-refractivity contribution is 4.84. The summed E-state index contributed by atoms with van der Waals surface area (Å²) >= 11 is 0. The third kappa shape index (κ3) is 1.15. The molecule has 4 atom stereocenters. The molecule has 0 aliphatic carbocycles. The van der Waals surface area contributed by atoms with Gasteiger partial charge in [-0.15, -0.1) is 0 Å². The minimum absolute atomic E-state index is 0.426. The molecule has 1 aliphatic rings. The molecule has 1 aliphatic heterocycles. The molecule has 1 saturated heterocycles. The normalized spacial score (nSPS) is 48.0. The minimum Gasteiger partial charge on any atom is -0.387 e. The molecular weight excluding hydrogens is 136 g/mol. The molecule has 0 bridgehead atoms. The van der Waals surface area contributed by atoms with Gasteiger partial charge in [0.1, 0.15) is 12.2 Å². The molecule has 10 heavy (non-hydrogen) atoms. The van der Waals surface area contributed by atoms with Crippen molar-refractivity contribution in [1.82, 2.24) is 0 Å². The number of ether oxygens (including phenoxy) is 1. The summed E-state index contributed by atoms with van der Waals surface area (Å²) in [5, 5.41) is 26.9. The van der Waals surface area contributed by atoms with Crippen LogP contribution in [-0.2, 0) is 4.74 Å². The third-order valence-corrected chi connectivity index (χ3v) is 1.74. The van der Waals surface area contributed by atoms with Crippen molar-refractivity contribution in [2.75, 3.05) is 0 Å². The van der Waals surface area contributed by atoms with Crippen LogP contribution in [0.15, 0.2) is 0 Å². The number of rotatable bonds is 1. The standard InChI is InChI=1S/C6H12O4/c1-2-3-4(7)5(8)6(9)10-3/h3-9H,2H2,1H3/t3-,4+,5?,6-/m0/s1. The highest BCUT2D eigenvalue weighted by Gasteiger charge is 2.40. The topological polar surface area (TPSA) is 69.9 Å². The van der Waals surface area contributed by atoms with E-state index in [9.17, 15) is 0 Å². The van der Waals surface area contributed by atoms with Crippen molar-refractivity contribution in [3.8, 4) is 0 Å². The zero-order chi connectivity index (χ0) is 7.72. The number of hydrogen-bond donors (Lipinski definition) is 3. The van der Waals surface area contributed by atoms with Gasteiger partial charge in [-0.05, 0) is 6.42 Å². The molecule has 0 saturated carbocycles. The summed E-state index contributed by atoms with van der Waals surface area (Å²) < 4.78 is 4.79. The number of hydrogen-bond acceptors (Lipinski definition) is 4. The Morgan fingerprint density at radius 3 is 2.00 bits per heavy atom. The highest BCUT2D eigenvalue weighted by atomic mass is 16.6. The maximum atomic E-state index is 9.09. The highest BCUT2D eigenvalue weighted by Crippen LogP contribution is 2.21. The molecule has 0 radical (unpaired) electrons. The van der Waals surface area contributed by atoms with Gasteiger partial charge in [0.25, 0.3) is 0 Å².